The van der Waals surface area contributed by atoms with Gasteiger partial charge in [0.05, 0.1) is 23.9 Å². The van der Waals surface area contributed by atoms with Crippen molar-refractivity contribution in [3.63, 3.8) is 0 Å². The number of benzene rings is 2. The van der Waals surface area contributed by atoms with E-state index in [9.17, 15) is 9.59 Å². The second-order valence-corrected chi connectivity index (χ2v) is 8.65. The van der Waals surface area contributed by atoms with E-state index >= 15 is 0 Å². The van der Waals surface area contributed by atoms with E-state index < -0.39 is 0 Å². The second kappa shape index (κ2) is 10.6. The molecule has 2 heterocycles. The van der Waals surface area contributed by atoms with Gasteiger partial charge in [0, 0.05) is 46.7 Å². The number of amides is 2. The van der Waals surface area contributed by atoms with Gasteiger partial charge < -0.3 is 20.7 Å². The first kappa shape index (κ1) is 23.7. The summed E-state index contributed by atoms with van der Waals surface area (Å²) in [4.78, 5) is 33.6. The zero-order chi connectivity index (χ0) is 24.1. The smallest absolute Gasteiger partial charge is 0.251 e. The SMILES string of the molecule is CC(C)OCCCNC(=O)c1ccc(Nc2ncc3c(n2)-c2ccc(Cl)cc2NC(=O)C3)cc1. The van der Waals surface area contributed by atoms with Gasteiger partial charge in [-0.15, -0.1) is 0 Å². The number of ether oxygens (including phenoxy) is 1. The molecule has 0 saturated carbocycles. The maximum atomic E-state index is 12.3. The minimum Gasteiger partial charge on any atom is -0.379 e. The van der Waals surface area contributed by atoms with Crippen molar-refractivity contribution in [3.8, 4) is 11.3 Å². The molecule has 176 valence electrons. The molecule has 1 aromatic heterocycles. The van der Waals surface area contributed by atoms with Crippen molar-refractivity contribution < 1.29 is 14.3 Å². The van der Waals surface area contributed by atoms with Gasteiger partial charge in [0.25, 0.3) is 5.91 Å². The van der Waals surface area contributed by atoms with Gasteiger partial charge >= 0.3 is 0 Å². The van der Waals surface area contributed by atoms with Crippen molar-refractivity contribution in [2.75, 3.05) is 23.8 Å². The number of carbonyl (C=O) groups excluding carboxylic acids is 2. The van der Waals surface area contributed by atoms with Gasteiger partial charge in [0.15, 0.2) is 0 Å². The number of hydrogen-bond acceptors (Lipinski definition) is 6. The van der Waals surface area contributed by atoms with Crippen LogP contribution in [0.2, 0.25) is 5.02 Å². The summed E-state index contributed by atoms with van der Waals surface area (Å²) in [5.41, 5.74) is 4.10. The third kappa shape index (κ3) is 5.89. The van der Waals surface area contributed by atoms with Crippen LogP contribution in [0.3, 0.4) is 0 Å². The summed E-state index contributed by atoms with van der Waals surface area (Å²) < 4.78 is 5.48. The minimum atomic E-state index is -0.145. The summed E-state index contributed by atoms with van der Waals surface area (Å²) >= 11 is 6.10. The van der Waals surface area contributed by atoms with Crippen molar-refractivity contribution in [2.45, 2.75) is 32.8 Å². The molecule has 3 aromatic rings. The quantitative estimate of drug-likeness (QED) is 0.408. The molecule has 1 aliphatic heterocycles. The molecule has 8 nitrogen and oxygen atoms in total. The van der Waals surface area contributed by atoms with Crippen molar-refractivity contribution in [1.29, 1.82) is 0 Å². The molecule has 0 fully saturated rings. The summed E-state index contributed by atoms with van der Waals surface area (Å²) in [5, 5.41) is 9.45. The van der Waals surface area contributed by atoms with Crippen LogP contribution >= 0.6 is 11.6 Å². The Bertz CT molecular complexity index is 1200. The van der Waals surface area contributed by atoms with E-state index in [-0.39, 0.29) is 24.3 Å². The number of anilines is 3. The maximum absolute atomic E-state index is 12.3. The highest BCUT2D eigenvalue weighted by Gasteiger charge is 2.21. The van der Waals surface area contributed by atoms with E-state index in [4.69, 9.17) is 16.3 Å². The minimum absolute atomic E-state index is 0.134. The monoisotopic (exact) mass is 479 g/mol. The highest BCUT2D eigenvalue weighted by molar-refractivity contribution is 6.31. The molecule has 1 aliphatic rings. The molecule has 0 bridgehead atoms. The summed E-state index contributed by atoms with van der Waals surface area (Å²) in [6.07, 6.45) is 2.77. The lowest BCUT2D eigenvalue weighted by atomic mass is 10.1. The van der Waals surface area contributed by atoms with Crippen LogP contribution in [0, 0.1) is 0 Å². The Morgan fingerprint density at radius 3 is 2.76 bits per heavy atom. The van der Waals surface area contributed by atoms with E-state index in [0.29, 0.717) is 41.1 Å². The third-order valence-corrected chi connectivity index (χ3v) is 5.42. The lowest BCUT2D eigenvalue weighted by Gasteiger charge is -2.11. The topological polar surface area (TPSA) is 105 Å². The van der Waals surface area contributed by atoms with E-state index in [2.05, 4.69) is 25.9 Å². The average molecular weight is 480 g/mol. The normalized spacial score (nSPS) is 12.4. The van der Waals surface area contributed by atoms with E-state index in [1.807, 2.05) is 19.9 Å². The van der Waals surface area contributed by atoms with Gasteiger partial charge in [-0.2, -0.15) is 0 Å². The maximum Gasteiger partial charge on any atom is 0.251 e. The van der Waals surface area contributed by atoms with Gasteiger partial charge in [-0.25, -0.2) is 9.97 Å². The number of nitrogens with zero attached hydrogens (tertiary/aromatic N) is 2. The van der Waals surface area contributed by atoms with Crippen LogP contribution < -0.4 is 16.0 Å². The lowest BCUT2D eigenvalue weighted by Crippen LogP contribution is -2.25. The molecule has 0 unspecified atom stereocenters. The Morgan fingerprint density at radius 2 is 2.00 bits per heavy atom. The number of aromatic nitrogens is 2. The molecular formula is C25H26ClN5O3. The van der Waals surface area contributed by atoms with Crippen LogP contribution in [0.5, 0.6) is 0 Å². The molecule has 0 radical (unpaired) electrons. The zero-order valence-electron chi connectivity index (χ0n) is 19.0. The number of rotatable bonds is 8. The summed E-state index contributed by atoms with van der Waals surface area (Å²) in [6, 6.07) is 12.4. The molecule has 34 heavy (non-hydrogen) atoms. The van der Waals surface area contributed by atoms with Crippen molar-refractivity contribution in [2.24, 2.45) is 0 Å². The number of fused-ring (bicyclic) bond motifs is 3. The lowest BCUT2D eigenvalue weighted by molar-refractivity contribution is -0.115. The van der Waals surface area contributed by atoms with E-state index in [1.165, 1.54) is 0 Å². The fourth-order valence-electron chi connectivity index (χ4n) is 3.55. The van der Waals surface area contributed by atoms with Crippen LogP contribution in [-0.4, -0.2) is 41.0 Å². The van der Waals surface area contributed by atoms with Gasteiger partial charge in [0.1, 0.15) is 0 Å². The highest BCUT2D eigenvalue weighted by Crippen LogP contribution is 2.34. The predicted octanol–water partition coefficient (Wildman–Crippen LogP) is 4.58. The fourth-order valence-corrected chi connectivity index (χ4v) is 3.72. The van der Waals surface area contributed by atoms with Gasteiger partial charge in [-0.1, -0.05) is 11.6 Å². The highest BCUT2D eigenvalue weighted by atomic mass is 35.5. The van der Waals surface area contributed by atoms with Crippen molar-refractivity contribution >= 4 is 40.7 Å². The molecule has 0 spiro atoms. The Morgan fingerprint density at radius 1 is 1.21 bits per heavy atom. The Kier molecular flexibility index (Phi) is 7.40. The molecule has 3 N–H and O–H groups in total. The number of hydrogen-bond donors (Lipinski definition) is 3. The third-order valence-electron chi connectivity index (χ3n) is 5.19. The average Bonchev–Trinajstić information content (AvgIpc) is 2.93. The zero-order valence-corrected chi connectivity index (χ0v) is 19.8. The standard InChI is InChI=1S/C25H26ClN5O3/c1-15(2)34-11-3-10-27-24(33)16-4-7-19(8-5-16)29-25-28-14-17-12-22(32)30-21-13-18(26)6-9-20(21)23(17)31-25/h4-9,13-15H,3,10-12H2,1-2H3,(H,27,33)(H,30,32)(H,28,29,31). The largest absolute Gasteiger partial charge is 0.379 e. The summed E-state index contributed by atoms with van der Waals surface area (Å²) in [5.74, 6) is 0.106. The molecule has 0 atom stereocenters. The molecule has 9 heteroatoms. The fraction of sp³-hybridized carbons (Fsp3) is 0.280. The number of nitrogens with one attached hydrogen (secondary N) is 3. The summed E-state index contributed by atoms with van der Waals surface area (Å²) in [7, 11) is 0. The Hall–Kier alpha value is -3.49. The van der Waals surface area contributed by atoms with Crippen LogP contribution in [0.25, 0.3) is 11.3 Å². The molecular weight excluding hydrogens is 454 g/mol. The predicted molar refractivity (Wildman–Crippen MR) is 133 cm³/mol. The van der Waals surface area contributed by atoms with E-state index in [1.54, 1.807) is 42.6 Å². The Balaban J connectivity index is 1.44. The Labute approximate surface area is 203 Å². The van der Waals surface area contributed by atoms with Crippen LogP contribution in [0.4, 0.5) is 17.3 Å². The second-order valence-electron chi connectivity index (χ2n) is 8.21. The molecule has 4 rings (SSSR count). The van der Waals surface area contributed by atoms with Gasteiger partial charge in [-0.3, -0.25) is 9.59 Å². The molecule has 0 aliphatic carbocycles. The van der Waals surface area contributed by atoms with Gasteiger partial charge in [-0.05, 0) is 62.7 Å². The van der Waals surface area contributed by atoms with E-state index in [0.717, 1.165) is 23.2 Å². The molecule has 2 amide bonds. The first-order chi connectivity index (χ1) is 16.4. The number of carbonyl (C=O) groups is 2. The van der Waals surface area contributed by atoms with Crippen molar-refractivity contribution in [1.82, 2.24) is 15.3 Å². The first-order valence-corrected chi connectivity index (χ1v) is 11.5. The number of halogens is 1. The first-order valence-electron chi connectivity index (χ1n) is 11.1. The van der Waals surface area contributed by atoms with Gasteiger partial charge in [0.2, 0.25) is 11.9 Å². The van der Waals surface area contributed by atoms with Crippen LogP contribution in [-0.2, 0) is 16.0 Å². The van der Waals surface area contributed by atoms with Crippen LogP contribution in [0.15, 0.2) is 48.7 Å². The summed E-state index contributed by atoms with van der Waals surface area (Å²) in [6.45, 7) is 5.14. The van der Waals surface area contributed by atoms with Crippen LogP contribution in [0.1, 0.15) is 36.2 Å². The van der Waals surface area contributed by atoms with Crippen molar-refractivity contribution in [3.05, 3.63) is 64.8 Å². The molecule has 2 aromatic carbocycles. The molecule has 0 saturated heterocycles.